The number of rotatable bonds is 4. The lowest BCUT2D eigenvalue weighted by Crippen LogP contribution is -2.63. The number of hydrogen-bond donors (Lipinski definition) is 0. The summed E-state index contributed by atoms with van der Waals surface area (Å²) in [5, 5.41) is 0.689. The SMILES string of the molecule is CSc1nc2c(c(N3C[C@@H]4[C@H]3CCN4C(=O)OC(C)(C)C)n1)CCN(C(=O)OCc1ccccc1)C2. The van der Waals surface area contributed by atoms with Crippen molar-refractivity contribution in [1.29, 1.82) is 0 Å². The molecule has 2 amide bonds. The third-order valence-corrected chi connectivity index (χ3v) is 7.41. The van der Waals surface area contributed by atoms with Gasteiger partial charge in [0.25, 0.3) is 0 Å². The molecule has 0 bridgehead atoms. The van der Waals surface area contributed by atoms with E-state index in [2.05, 4.69) is 4.90 Å². The van der Waals surface area contributed by atoms with Crippen LogP contribution in [0.25, 0.3) is 0 Å². The van der Waals surface area contributed by atoms with Crippen LogP contribution in [-0.2, 0) is 29.0 Å². The molecule has 1 aromatic carbocycles. The number of ether oxygens (including phenoxy) is 2. The van der Waals surface area contributed by atoms with Crippen molar-refractivity contribution in [2.75, 3.05) is 30.8 Å². The van der Waals surface area contributed by atoms with E-state index in [0.29, 0.717) is 31.2 Å². The number of amides is 2. The first-order valence-electron chi connectivity index (χ1n) is 12.4. The van der Waals surface area contributed by atoms with Gasteiger partial charge in [-0.1, -0.05) is 42.1 Å². The average molecular weight is 512 g/mol. The van der Waals surface area contributed by atoms with Gasteiger partial charge in [0.2, 0.25) is 0 Å². The lowest BCUT2D eigenvalue weighted by molar-refractivity contribution is 0.0193. The minimum Gasteiger partial charge on any atom is -0.445 e. The van der Waals surface area contributed by atoms with Crippen molar-refractivity contribution in [3.63, 3.8) is 0 Å². The minimum atomic E-state index is -0.508. The Bertz CT molecular complexity index is 1140. The second-order valence-electron chi connectivity index (χ2n) is 10.4. The van der Waals surface area contributed by atoms with Crippen LogP contribution in [0.4, 0.5) is 15.4 Å². The molecule has 2 saturated heterocycles. The van der Waals surface area contributed by atoms with Gasteiger partial charge in [-0.2, -0.15) is 0 Å². The zero-order valence-corrected chi connectivity index (χ0v) is 22.1. The molecule has 2 fully saturated rings. The van der Waals surface area contributed by atoms with E-state index in [-0.39, 0.29) is 30.9 Å². The molecule has 4 heterocycles. The predicted octanol–water partition coefficient (Wildman–Crippen LogP) is 4.09. The Morgan fingerprint density at radius 1 is 1.08 bits per heavy atom. The van der Waals surface area contributed by atoms with Gasteiger partial charge >= 0.3 is 12.2 Å². The van der Waals surface area contributed by atoms with Gasteiger partial charge in [0.05, 0.1) is 24.3 Å². The lowest BCUT2D eigenvalue weighted by Gasteiger charge is -2.48. The van der Waals surface area contributed by atoms with Crippen LogP contribution < -0.4 is 4.90 Å². The average Bonchev–Trinajstić information content (AvgIpc) is 3.17. The van der Waals surface area contributed by atoms with Gasteiger partial charge in [0.1, 0.15) is 18.0 Å². The summed E-state index contributed by atoms with van der Waals surface area (Å²) in [5.74, 6) is 0.939. The number of fused-ring (bicyclic) bond motifs is 2. The maximum Gasteiger partial charge on any atom is 0.410 e. The maximum atomic E-state index is 12.8. The highest BCUT2D eigenvalue weighted by atomic mass is 32.2. The molecular formula is C26H33N5O4S. The summed E-state index contributed by atoms with van der Waals surface area (Å²) >= 11 is 1.49. The number of hydrogen-bond acceptors (Lipinski definition) is 8. The van der Waals surface area contributed by atoms with Crippen molar-refractivity contribution in [3.05, 3.63) is 47.2 Å². The Kier molecular flexibility index (Phi) is 6.72. The molecule has 3 aliphatic rings. The second-order valence-corrected chi connectivity index (χ2v) is 11.2. The van der Waals surface area contributed by atoms with Crippen LogP contribution in [0.2, 0.25) is 0 Å². The number of likely N-dealkylation sites (tertiary alicyclic amines) is 1. The van der Waals surface area contributed by atoms with Crippen molar-refractivity contribution < 1.29 is 19.1 Å². The van der Waals surface area contributed by atoms with E-state index in [0.717, 1.165) is 35.6 Å². The van der Waals surface area contributed by atoms with E-state index in [4.69, 9.17) is 19.4 Å². The Labute approximate surface area is 216 Å². The summed E-state index contributed by atoms with van der Waals surface area (Å²) < 4.78 is 11.2. The number of carbonyl (C=O) groups excluding carboxylic acids is 2. The first kappa shape index (κ1) is 24.7. The normalized spacial score (nSPS) is 20.9. The van der Waals surface area contributed by atoms with Crippen molar-refractivity contribution in [2.24, 2.45) is 0 Å². The number of thioether (sulfide) groups is 1. The van der Waals surface area contributed by atoms with E-state index in [1.807, 2.05) is 62.3 Å². The molecule has 0 N–H and O–H groups in total. The Balaban J connectivity index is 1.28. The van der Waals surface area contributed by atoms with Gasteiger partial charge in [-0.3, -0.25) is 0 Å². The smallest absolute Gasteiger partial charge is 0.410 e. The number of carbonyl (C=O) groups is 2. The summed E-state index contributed by atoms with van der Waals surface area (Å²) in [7, 11) is 0. The third kappa shape index (κ3) is 4.96. The van der Waals surface area contributed by atoms with Gasteiger partial charge in [-0.05, 0) is 45.4 Å². The molecule has 0 saturated carbocycles. The quantitative estimate of drug-likeness (QED) is 0.448. The number of benzene rings is 1. The summed E-state index contributed by atoms with van der Waals surface area (Å²) in [4.78, 5) is 40.9. The van der Waals surface area contributed by atoms with Gasteiger partial charge in [-0.15, -0.1) is 0 Å². The molecule has 2 aromatic rings. The van der Waals surface area contributed by atoms with Crippen LogP contribution in [-0.4, -0.2) is 75.5 Å². The number of anilines is 1. The number of nitrogens with zero attached hydrogens (tertiary/aromatic N) is 5. The van der Waals surface area contributed by atoms with Gasteiger partial charge in [0.15, 0.2) is 5.16 Å². The molecule has 0 spiro atoms. The van der Waals surface area contributed by atoms with E-state index in [1.54, 1.807) is 4.90 Å². The topological polar surface area (TPSA) is 88.1 Å². The fraction of sp³-hybridized carbons (Fsp3) is 0.538. The first-order valence-corrected chi connectivity index (χ1v) is 13.6. The molecule has 1 aromatic heterocycles. The minimum absolute atomic E-state index is 0.135. The number of aromatic nitrogens is 2. The van der Waals surface area contributed by atoms with Crippen LogP contribution in [0.3, 0.4) is 0 Å². The zero-order valence-electron chi connectivity index (χ0n) is 21.3. The monoisotopic (exact) mass is 511 g/mol. The third-order valence-electron chi connectivity index (χ3n) is 6.86. The molecule has 0 unspecified atom stereocenters. The summed E-state index contributed by atoms with van der Waals surface area (Å²) in [6.07, 6.45) is 2.94. The first-order chi connectivity index (χ1) is 17.2. The van der Waals surface area contributed by atoms with Crippen molar-refractivity contribution in [3.8, 4) is 0 Å². The van der Waals surface area contributed by atoms with Crippen LogP contribution in [0, 0.1) is 0 Å². The molecule has 0 radical (unpaired) electrons. The molecule has 2 atom stereocenters. The predicted molar refractivity (Wildman–Crippen MR) is 137 cm³/mol. The fourth-order valence-electron chi connectivity index (χ4n) is 5.09. The van der Waals surface area contributed by atoms with Crippen molar-refractivity contribution in [2.45, 2.75) is 69.6 Å². The van der Waals surface area contributed by atoms with Crippen molar-refractivity contribution in [1.82, 2.24) is 19.8 Å². The largest absolute Gasteiger partial charge is 0.445 e. The second kappa shape index (κ2) is 9.80. The molecule has 3 aliphatic heterocycles. The Morgan fingerprint density at radius 2 is 1.86 bits per heavy atom. The van der Waals surface area contributed by atoms with Crippen LogP contribution in [0.5, 0.6) is 0 Å². The van der Waals surface area contributed by atoms with E-state index >= 15 is 0 Å². The Morgan fingerprint density at radius 3 is 2.58 bits per heavy atom. The van der Waals surface area contributed by atoms with Crippen LogP contribution in [0.15, 0.2) is 35.5 Å². The molecule has 10 heteroatoms. The van der Waals surface area contributed by atoms with Crippen LogP contribution >= 0.6 is 11.8 Å². The summed E-state index contributed by atoms with van der Waals surface area (Å²) in [6, 6.07) is 10.0. The highest BCUT2D eigenvalue weighted by Crippen LogP contribution is 2.40. The van der Waals surface area contributed by atoms with Crippen LogP contribution in [0.1, 0.15) is 44.0 Å². The van der Waals surface area contributed by atoms with Crippen molar-refractivity contribution >= 4 is 29.8 Å². The molecule has 192 valence electrons. The molecule has 9 nitrogen and oxygen atoms in total. The standard InChI is InChI=1S/C26H33N5O4S/c1-26(2,3)35-25(33)30-13-11-20-21(30)15-31(20)22-18-10-12-29(14-19(18)27-23(28-22)36-4)24(32)34-16-17-8-6-5-7-9-17/h5-9,20-21H,10-16H2,1-4H3/t20-,21-/m1/s1. The zero-order chi connectivity index (χ0) is 25.4. The van der Waals surface area contributed by atoms with E-state index in [1.165, 1.54) is 11.8 Å². The summed E-state index contributed by atoms with van der Waals surface area (Å²) in [5.41, 5.74) is 2.42. The van der Waals surface area contributed by atoms with E-state index in [9.17, 15) is 9.59 Å². The maximum absolute atomic E-state index is 12.8. The molecule has 5 rings (SSSR count). The Hall–Kier alpha value is -3.01. The molecular weight excluding hydrogens is 478 g/mol. The summed E-state index contributed by atoms with van der Waals surface area (Å²) in [6.45, 7) is 8.29. The van der Waals surface area contributed by atoms with Gasteiger partial charge in [-0.25, -0.2) is 19.6 Å². The highest BCUT2D eigenvalue weighted by Gasteiger charge is 2.51. The molecule has 36 heavy (non-hydrogen) atoms. The van der Waals surface area contributed by atoms with E-state index < -0.39 is 5.60 Å². The van der Waals surface area contributed by atoms with Gasteiger partial charge < -0.3 is 24.2 Å². The fourth-order valence-corrected chi connectivity index (χ4v) is 5.47. The lowest BCUT2D eigenvalue weighted by atomic mass is 9.95. The highest BCUT2D eigenvalue weighted by molar-refractivity contribution is 7.98. The van der Waals surface area contributed by atoms with Gasteiger partial charge in [0, 0.05) is 25.2 Å². The molecule has 0 aliphatic carbocycles.